The van der Waals surface area contributed by atoms with Crippen molar-refractivity contribution < 1.29 is 9.53 Å². The molecule has 6 nitrogen and oxygen atoms in total. The van der Waals surface area contributed by atoms with Crippen LogP contribution in [-0.4, -0.2) is 45.7 Å². The quantitative estimate of drug-likeness (QED) is 0.382. The molecule has 0 aliphatic rings. The van der Waals surface area contributed by atoms with E-state index in [1.54, 1.807) is 14.1 Å². The molecule has 0 radical (unpaired) electrons. The van der Waals surface area contributed by atoms with E-state index >= 15 is 0 Å². The molecule has 1 aromatic rings. The fourth-order valence-electron chi connectivity index (χ4n) is 1.85. The second-order valence-electron chi connectivity index (χ2n) is 4.68. The molecule has 6 heteroatoms. The van der Waals surface area contributed by atoms with Gasteiger partial charge in [-0.15, -0.1) is 0 Å². The maximum Gasteiger partial charge on any atom is 0.251 e. The number of rotatable bonds is 8. The topological polar surface area (TPSA) is 74.8 Å². The van der Waals surface area contributed by atoms with Gasteiger partial charge in [-0.1, -0.05) is 12.1 Å². The molecule has 1 amide bonds. The van der Waals surface area contributed by atoms with Gasteiger partial charge in [-0.3, -0.25) is 9.79 Å². The van der Waals surface area contributed by atoms with Crippen molar-refractivity contribution in [2.45, 2.75) is 19.9 Å². The van der Waals surface area contributed by atoms with E-state index in [2.05, 4.69) is 20.9 Å². The highest BCUT2D eigenvalue weighted by molar-refractivity contribution is 5.93. The molecular weight excluding hydrogens is 280 g/mol. The third kappa shape index (κ3) is 6.58. The number of hydrogen-bond acceptors (Lipinski definition) is 3. The Morgan fingerprint density at radius 3 is 2.55 bits per heavy atom. The summed E-state index contributed by atoms with van der Waals surface area (Å²) in [6.45, 7) is 4.96. The number of amides is 1. The Morgan fingerprint density at radius 2 is 1.95 bits per heavy atom. The average Bonchev–Trinajstić information content (AvgIpc) is 2.57. The Morgan fingerprint density at radius 1 is 1.23 bits per heavy atom. The second kappa shape index (κ2) is 10.6. The molecule has 0 aromatic heterocycles. The normalized spacial score (nSPS) is 11.1. The van der Waals surface area contributed by atoms with Crippen molar-refractivity contribution in [1.29, 1.82) is 0 Å². The molecule has 1 aromatic carbocycles. The maximum atomic E-state index is 11.5. The highest BCUT2D eigenvalue weighted by Crippen LogP contribution is 2.04. The Balaban J connectivity index is 2.35. The van der Waals surface area contributed by atoms with Crippen molar-refractivity contribution in [3.05, 3.63) is 35.4 Å². The number of guanidine groups is 1. The lowest BCUT2D eigenvalue weighted by Gasteiger charge is -2.12. The first-order valence-corrected chi connectivity index (χ1v) is 7.54. The van der Waals surface area contributed by atoms with Gasteiger partial charge in [0.1, 0.15) is 0 Å². The summed E-state index contributed by atoms with van der Waals surface area (Å²) in [5.41, 5.74) is 1.75. The zero-order valence-corrected chi connectivity index (χ0v) is 13.6. The summed E-state index contributed by atoms with van der Waals surface area (Å²) in [4.78, 5) is 15.6. The van der Waals surface area contributed by atoms with Crippen molar-refractivity contribution in [3.63, 3.8) is 0 Å². The summed E-state index contributed by atoms with van der Waals surface area (Å²) < 4.78 is 5.29. The summed E-state index contributed by atoms with van der Waals surface area (Å²) in [5, 5.41) is 9.07. The molecular formula is C16H26N4O2. The fraction of sp³-hybridized carbons (Fsp3) is 0.500. The molecule has 122 valence electrons. The lowest BCUT2D eigenvalue weighted by Crippen LogP contribution is -2.37. The minimum Gasteiger partial charge on any atom is -0.382 e. The SMILES string of the molecule is CCOCCCNC(=NC)NCc1ccc(C(=O)NC)cc1. The van der Waals surface area contributed by atoms with E-state index in [4.69, 9.17) is 4.74 Å². The minimum absolute atomic E-state index is 0.0775. The van der Waals surface area contributed by atoms with Crippen molar-refractivity contribution >= 4 is 11.9 Å². The van der Waals surface area contributed by atoms with Gasteiger partial charge in [-0.25, -0.2) is 0 Å². The predicted octanol–water partition coefficient (Wildman–Crippen LogP) is 1.14. The monoisotopic (exact) mass is 306 g/mol. The first kappa shape index (κ1) is 18.0. The van der Waals surface area contributed by atoms with Gasteiger partial charge in [0.2, 0.25) is 0 Å². The van der Waals surface area contributed by atoms with Gasteiger partial charge in [0.15, 0.2) is 5.96 Å². The van der Waals surface area contributed by atoms with E-state index in [0.717, 1.165) is 37.7 Å². The third-order valence-electron chi connectivity index (χ3n) is 3.09. The number of aliphatic imine (C=N–C) groups is 1. The van der Waals surface area contributed by atoms with Gasteiger partial charge >= 0.3 is 0 Å². The summed E-state index contributed by atoms with van der Waals surface area (Å²) >= 11 is 0. The van der Waals surface area contributed by atoms with E-state index < -0.39 is 0 Å². The Labute approximate surface area is 132 Å². The van der Waals surface area contributed by atoms with Crippen molar-refractivity contribution in [1.82, 2.24) is 16.0 Å². The van der Waals surface area contributed by atoms with Gasteiger partial charge < -0.3 is 20.7 Å². The Hall–Kier alpha value is -2.08. The molecule has 0 unspecified atom stereocenters. The highest BCUT2D eigenvalue weighted by Gasteiger charge is 2.03. The Kier molecular flexibility index (Phi) is 8.67. The summed E-state index contributed by atoms with van der Waals surface area (Å²) in [6, 6.07) is 7.49. The number of carbonyl (C=O) groups excluding carboxylic acids is 1. The zero-order valence-electron chi connectivity index (χ0n) is 13.6. The molecule has 0 fully saturated rings. The van der Waals surface area contributed by atoms with E-state index in [1.807, 2.05) is 31.2 Å². The average molecular weight is 306 g/mol. The molecule has 0 saturated carbocycles. The van der Waals surface area contributed by atoms with Crippen LogP contribution in [0.3, 0.4) is 0 Å². The zero-order chi connectivity index (χ0) is 16.2. The van der Waals surface area contributed by atoms with Crippen LogP contribution in [0.5, 0.6) is 0 Å². The van der Waals surface area contributed by atoms with Gasteiger partial charge in [0.05, 0.1) is 0 Å². The van der Waals surface area contributed by atoms with E-state index in [0.29, 0.717) is 12.1 Å². The molecule has 3 N–H and O–H groups in total. The maximum absolute atomic E-state index is 11.5. The molecule has 1 rings (SSSR count). The number of nitrogens with zero attached hydrogens (tertiary/aromatic N) is 1. The van der Waals surface area contributed by atoms with Gasteiger partial charge in [-0.2, -0.15) is 0 Å². The summed E-state index contributed by atoms with van der Waals surface area (Å²) in [5.74, 6) is 0.679. The smallest absolute Gasteiger partial charge is 0.251 e. The minimum atomic E-state index is -0.0775. The van der Waals surface area contributed by atoms with Crippen LogP contribution in [0.2, 0.25) is 0 Å². The van der Waals surface area contributed by atoms with E-state index in [1.165, 1.54) is 0 Å². The highest BCUT2D eigenvalue weighted by atomic mass is 16.5. The van der Waals surface area contributed by atoms with Crippen LogP contribution in [0.4, 0.5) is 0 Å². The number of ether oxygens (including phenoxy) is 1. The van der Waals surface area contributed by atoms with Crippen LogP contribution >= 0.6 is 0 Å². The number of hydrogen-bond donors (Lipinski definition) is 3. The van der Waals surface area contributed by atoms with Crippen LogP contribution < -0.4 is 16.0 Å². The van der Waals surface area contributed by atoms with Crippen molar-refractivity contribution in [2.24, 2.45) is 4.99 Å². The lowest BCUT2D eigenvalue weighted by molar-refractivity contribution is 0.0963. The first-order valence-electron chi connectivity index (χ1n) is 7.54. The van der Waals surface area contributed by atoms with Crippen LogP contribution in [0.1, 0.15) is 29.3 Å². The summed E-state index contributed by atoms with van der Waals surface area (Å²) in [6.07, 6.45) is 0.940. The fourth-order valence-corrected chi connectivity index (χ4v) is 1.85. The molecule has 0 heterocycles. The second-order valence-corrected chi connectivity index (χ2v) is 4.68. The van der Waals surface area contributed by atoms with Crippen LogP contribution in [0, 0.1) is 0 Å². The predicted molar refractivity (Wildman–Crippen MR) is 89.1 cm³/mol. The van der Waals surface area contributed by atoms with Crippen molar-refractivity contribution in [3.8, 4) is 0 Å². The molecule has 0 aliphatic carbocycles. The van der Waals surface area contributed by atoms with Crippen LogP contribution in [0.15, 0.2) is 29.3 Å². The molecule has 0 spiro atoms. The van der Waals surface area contributed by atoms with Gasteiger partial charge in [0.25, 0.3) is 5.91 Å². The Bertz CT molecular complexity index is 472. The van der Waals surface area contributed by atoms with Crippen LogP contribution in [-0.2, 0) is 11.3 Å². The molecule has 0 bridgehead atoms. The molecule has 0 aliphatic heterocycles. The van der Waals surface area contributed by atoms with Crippen molar-refractivity contribution in [2.75, 3.05) is 33.9 Å². The van der Waals surface area contributed by atoms with Gasteiger partial charge in [0, 0.05) is 46.0 Å². The van der Waals surface area contributed by atoms with Gasteiger partial charge in [-0.05, 0) is 31.0 Å². The molecule has 0 atom stereocenters. The molecule has 22 heavy (non-hydrogen) atoms. The van der Waals surface area contributed by atoms with Crippen LogP contribution in [0.25, 0.3) is 0 Å². The third-order valence-corrected chi connectivity index (χ3v) is 3.09. The summed E-state index contributed by atoms with van der Waals surface area (Å²) in [7, 11) is 3.37. The lowest BCUT2D eigenvalue weighted by atomic mass is 10.1. The molecule has 0 saturated heterocycles. The number of carbonyl (C=O) groups is 1. The first-order chi connectivity index (χ1) is 10.7. The number of nitrogens with one attached hydrogen (secondary N) is 3. The largest absolute Gasteiger partial charge is 0.382 e. The number of benzene rings is 1. The standard InChI is InChI=1S/C16H26N4O2/c1-4-22-11-5-10-19-16(18-3)20-12-13-6-8-14(9-7-13)15(21)17-2/h6-9H,4-5,10-12H2,1-3H3,(H,17,21)(H2,18,19,20). The van der Waals surface area contributed by atoms with E-state index in [9.17, 15) is 4.79 Å². The van der Waals surface area contributed by atoms with E-state index in [-0.39, 0.29) is 5.91 Å².